The molecule has 0 aromatic heterocycles. The maximum atomic E-state index is 12.9. The van der Waals surface area contributed by atoms with Crippen molar-refractivity contribution in [3.63, 3.8) is 0 Å². The summed E-state index contributed by atoms with van der Waals surface area (Å²) in [7, 11) is 0. The van der Waals surface area contributed by atoms with Crippen LogP contribution >= 0.6 is 23.2 Å². The molecule has 0 bridgehead atoms. The van der Waals surface area contributed by atoms with E-state index in [9.17, 15) is 14.3 Å². The molecule has 7 heteroatoms. The van der Waals surface area contributed by atoms with Gasteiger partial charge in [-0.25, -0.2) is 4.39 Å². The fourth-order valence-electron chi connectivity index (χ4n) is 1.96. The first-order valence-electron chi connectivity index (χ1n) is 7.11. The summed E-state index contributed by atoms with van der Waals surface area (Å²) in [5.41, 5.74) is -0.847. The van der Waals surface area contributed by atoms with E-state index in [0.717, 1.165) is 0 Å². The Kier molecular flexibility index (Phi) is 6.04. The molecule has 1 unspecified atom stereocenters. The Balaban J connectivity index is 1.88. The molecule has 2 rings (SSSR count). The van der Waals surface area contributed by atoms with Crippen LogP contribution in [0.2, 0.25) is 10.0 Å². The van der Waals surface area contributed by atoms with Crippen LogP contribution in [0.5, 0.6) is 5.75 Å². The average molecular weight is 372 g/mol. The van der Waals surface area contributed by atoms with Gasteiger partial charge in [-0.05, 0) is 36.8 Å². The third-order valence-electron chi connectivity index (χ3n) is 3.35. The van der Waals surface area contributed by atoms with E-state index >= 15 is 0 Å². The average Bonchev–Trinajstić information content (AvgIpc) is 2.54. The zero-order chi connectivity index (χ0) is 17.7. The van der Waals surface area contributed by atoms with Crippen LogP contribution in [0.25, 0.3) is 0 Å². The molecule has 1 amide bonds. The minimum absolute atomic E-state index is 0.0515. The Bertz CT molecular complexity index is 720. The van der Waals surface area contributed by atoms with E-state index in [4.69, 9.17) is 27.9 Å². The molecule has 1 atom stereocenters. The molecular weight excluding hydrogens is 356 g/mol. The summed E-state index contributed by atoms with van der Waals surface area (Å²) in [4.78, 5) is 11.9. The molecule has 0 saturated heterocycles. The van der Waals surface area contributed by atoms with Crippen LogP contribution in [-0.2, 0) is 10.4 Å². The van der Waals surface area contributed by atoms with Gasteiger partial charge in [-0.3, -0.25) is 4.79 Å². The fourth-order valence-corrected chi connectivity index (χ4v) is 2.30. The van der Waals surface area contributed by atoms with E-state index in [-0.39, 0.29) is 13.2 Å². The number of halogens is 3. The first kappa shape index (κ1) is 18.5. The van der Waals surface area contributed by atoms with Gasteiger partial charge >= 0.3 is 0 Å². The van der Waals surface area contributed by atoms with Crippen molar-refractivity contribution in [2.24, 2.45) is 0 Å². The molecule has 0 spiro atoms. The molecule has 0 heterocycles. The van der Waals surface area contributed by atoms with Crippen molar-refractivity contribution in [2.75, 3.05) is 13.2 Å². The topological polar surface area (TPSA) is 58.6 Å². The van der Waals surface area contributed by atoms with Gasteiger partial charge in [-0.15, -0.1) is 0 Å². The summed E-state index contributed by atoms with van der Waals surface area (Å²) < 4.78 is 18.2. The highest BCUT2D eigenvalue weighted by Gasteiger charge is 2.24. The van der Waals surface area contributed by atoms with E-state index < -0.39 is 17.3 Å². The van der Waals surface area contributed by atoms with Crippen LogP contribution in [-0.4, -0.2) is 24.2 Å². The lowest BCUT2D eigenvalue weighted by Gasteiger charge is -2.24. The van der Waals surface area contributed by atoms with Gasteiger partial charge in [-0.1, -0.05) is 35.3 Å². The van der Waals surface area contributed by atoms with Crippen molar-refractivity contribution in [1.82, 2.24) is 5.32 Å². The predicted molar refractivity (Wildman–Crippen MR) is 90.9 cm³/mol. The van der Waals surface area contributed by atoms with Crippen molar-refractivity contribution < 1.29 is 19.0 Å². The molecule has 2 N–H and O–H groups in total. The number of carbonyl (C=O) groups is 1. The van der Waals surface area contributed by atoms with E-state index in [2.05, 4.69) is 5.32 Å². The summed E-state index contributed by atoms with van der Waals surface area (Å²) in [5.74, 6) is -0.538. The summed E-state index contributed by atoms with van der Waals surface area (Å²) >= 11 is 11.8. The molecule has 0 aliphatic carbocycles. The molecule has 0 fully saturated rings. The maximum absolute atomic E-state index is 12.9. The molecule has 4 nitrogen and oxygen atoms in total. The second-order valence-electron chi connectivity index (χ2n) is 5.42. The zero-order valence-corrected chi connectivity index (χ0v) is 14.4. The number of hydrogen-bond donors (Lipinski definition) is 2. The molecule has 0 aliphatic heterocycles. The minimum atomic E-state index is -1.34. The van der Waals surface area contributed by atoms with E-state index in [1.807, 2.05) is 0 Å². The van der Waals surface area contributed by atoms with Crippen molar-refractivity contribution in [1.29, 1.82) is 0 Å². The summed E-state index contributed by atoms with van der Waals surface area (Å²) in [5, 5.41) is 13.7. The van der Waals surface area contributed by atoms with Crippen LogP contribution in [0.15, 0.2) is 42.5 Å². The molecule has 24 heavy (non-hydrogen) atoms. The highest BCUT2D eigenvalue weighted by Crippen LogP contribution is 2.27. The lowest BCUT2D eigenvalue weighted by atomic mass is 9.96. The van der Waals surface area contributed by atoms with Crippen LogP contribution in [0.3, 0.4) is 0 Å². The first-order chi connectivity index (χ1) is 11.3. The Labute approximate surface area is 149 Å². The fraction of sp³-hybridized carbons (Fsp3) is 0.235. The SMILES string of the molecule is CC(O)(CNC(=O)COc1cc(Cl)ccc1Cl)c1ccc(F)cc1. The van der Waals surface area contributed by atoms with Gasteiger partial charge in [0.15, 0.2) is 6.61 Å². The molecule has 0 radical (unpaired) electrons. The van der Waals surface area contributed by atoms with Gasteiger partial charge in [0.2, 0.25) is 0 Å². The first-order valence-corrected chi connectivity index (χ1v) is 7.86. The van der Waals surface area contributed by atoms with Gasteiger partial charge in [0, 0.05) is 11.1 Å². The van der Waals surface area contributed by atoms with Gasteiger partial charge in [0.1, 0.15) is 17.2 Å². The number of carbonyl (C=O) groups excluding carboxylic acids is 1. The predicted octanol–water partition coefficient (Wildman–Crippen LogP) is 3.54. The summed E-state index contributed by atoms with van der Waals surface area (Å²) in [6, 6.07) is 10.1. The van der Waals surface area contributed by atoms with Gasteiger partial charge in [0.05, 0.1) is 11.6 Å². The molecule has 128 valence electrons. The number of ether oxygens (including phenoxy) is 1. The van der Waals surface area contributed by atoms with Crippen LogP contribution in [0.1, 0.15) is 12.5 Å². The molecule has 2 aromatic rings. The van der Waals surface area contributed by atoms with Crippen LogP contribution < -0.4 is 10.1 Å². The maximum Gasteiger partial charge on any atom is 0.258 e. The largest absolute Gasteiger partial charge is 0.482 e. The number of benzene rings is 2. The van der Waals surface area contributed by atoms with Gasteiger partial charge in [-0.2, -0.15) is 0 Å². The normalized spacial score (nSPS) is 13.2. The smallest absolute Gasteiger partial charge is 0.258 e. The second kappa shape index (κ2) is 7.83. The highest BCUT2D eigenvalue weighted by atomic mass is 35.5. The van der Waals surface area contributed by atoms with E-state index in [0.29, 0.717) is 21.4 Å². The Morgan fingerprint density at radius 2 is 1.92 bits per heavy atom. The highest BCUT2D eigenvalue weighted by molar-refractivity contribution is 6.34. The summed E-state index contributed by atoms with van der Waals surface area (Å²) in [6.45, 7) is 1.19. The van der Waals surface area contributed by atoms with Crippen molar-refractivity contribution >= 4 is 29.1 Å². The van der Waals surface area contributed by atoms with Gasteiger partial charge < -0.3 is 15.2 Å². The molecule has 0 saturated carbocycles. The number of aliphatic hydroxyl groups is 1. The van der Waals surface area contributed by atoms with Crippen molar-refractivity contribution in [3.05, 3.63) is 63.9 Å². The second-order valence-corrected chi connectivity index (χ2v) is 6.26. The van der Waals surface area contributed by atoms with Crippen LogP contribution in [0.4, 0.5) is 4.39 Å². The number of hydrogen-bond acceptors (Lipinski definition) is 3. The van der Waals surface area contributed by atoms with E-state index in [1.165, 1.54) is 37.3 Å². The number of amides is 1. The lowest BCUT2D eigenvalue weighted by molar-refractivity contribution is -0.124. The third-order valence-corrected chi connectivity index (χ3v) is 3.90. The van der Waals surface area contributed by atoms with Gasteiger partial charge in [0.25, 0.3) is 5.91 Å². The lowest BCUT2D eigenvalue weighted by Crippen LogP contribution is -2.40. The van der Waals surface area contributed by atoms with Crippen molar-refractivity contribution in [3.8, 4) is 5.75 Å². The van der Waals surface area contributed by atoms with Crippen molar-refractivity contribution in [2.45, 2.75) is 12.5 Å². The van der Waals surface area contributed by atoms with Crippen LogP contribution in [0, 0.1) is 5.82 Å². The Morgan fingerprint density at radius 3 is 2.58 bits per heavy atom. The molecule has 2 aromatic carbocycles. The summed E-state index contributed by atoms with van der Waals surface area (Å²) in [6.07, 6.45) is 0. The zero-order valence-electron chi connectivity index (χ0n) is 12.9. The van der Waals surface area contributed by atoms with E-state index in [1.54, 1.807) is 12.1 Å². The standard InChI is InChI=1S/C17H16Cl2FNO3/c1-17(23,11-2-5-13(20)6-3-11)10-21-16(22)9-24-15-8-12(18)4-7-14(15)19/h2-8,23H,9-10H2,1H3,(H,21,22). The number of nitrogens with one attached hydrogen (secondary N) is 1. The Hall–Kier alpha value is -1.82. The third kappa shape index (κ3) is 5.09. The molecular formula is C17H16Cl2FNO3. The monoisotopic (exact) mass is 371 g/mol. The Morgan fingerprint density at radius 1 is 1.25 bits per heavy atom. The minimum Gasteiger partial charge on any atom is -0.482 e. The molecule has 0 aliphatic rings. The number of rotatable bonds is 6. The quantitative estimate of drug-likeness (QED) is 0.816.